The second kappa shape index (κ2) is 6.18. The number of benzene rings is 2. The van der Waals surface area contributed by atoms with E-state index in [1.165, 1.54) is 0 Å². The molecule has 0 aromatic heterocycles. The standard InChI is InChI=1S/C13H11Br2N3O/c14-8-5-6-10(15)12(7-8)17-13(19)9-3-1-2-4-11(9)18-16/h1-7,18H,16H2,(H,17,19). The second-order valence-electron chi connectivity index (χ2n) is 3.77. The molecule has 0 aliphatic heterocycles. The maximum Gasteiger partial charge on any atom is 0.257 e. The molecule has 6 heteroatoms. The highest BCUT2D eigenvalue weighted by atomic mass is 79.9. The summed E-state index contributed by atoms with van der Waals surface area (Å²) >= 11 is 6.76. The number of nitrogen functional groups attached to an aromatic ring is 1. The van der Waals surface area contributed by atoms with E-state index in [9.17, 15) is 4.79 Å². The quantitative estimate of drug-likeness (QED) is 0.557. The summed E-state index contributed by atoms with van der Waals surface area (Å²) in [5.74, 6) is 5.16. The van der Waals surface area contributed by atoms with Crippen LogP contribution in [0.5, 0.6) is 0 Å². The Morgan fingerprint density at radius 2 is 1.79 bits per heavy atom. The van der Waals surface area contributed by atoms with E-state index >= 15 is 0 Å². The van der Waals surface area contributed by atoms with Crippen molar-refractivity contribution in [3.05, 3.63) is 57.0 Å². The van der Waals surface area contributed by atoms with Gasteiger partial charge in [0.25, 0.3) is 5.91 Å². The van der Waals surface area contributed by atoms with Crippen LogP contribution in [0, 0.1) is 0 Å². The monoisotopic (exact) mass is 383 g/mol. The molecule has 0 spiro atoms. The van der Waals surface area contributed by atoms with Crippen LogP contribution in [0.2, 0.25) is 0 Å². The van der Waals surface area contributed by atoms with E-state index in [0.717, 1.165) is 8.95 Å². The van der Waals surface area contributed by atoms with Gasteiger partial charge in [-0.05, 0) is 46.3 Å². The maximum atomic E-state index is 12.2. The number of carbonyl (C=O) groups is 1. The van der Waals surface area contributed by atoms with Crippen LogP contribution in [-0.2, 0) is 0 Å². The van der Waals surface area contributed by atoms with Gasteiger partial charge >= 0.3 is 0 Å². The third kappa shape index (κ3) is 3.34. The molecule has 0 aliphatic carbocycles. The SMILES string of the molecule is NNc1ccccc1C(=O)Nc1cc(Br)ccc1Br. The molecule has 4 N–H and O–H groups in total. The predicted octanol–water partition coefficient (Wildman–Crippen LogP) is 3.75. The molecule has 2 aromatic rings. The summed E-state index contributed by atoms with van der Waals surface area (Å²) in [6, 6.07) is 12.6. The topological polar surface area (TPSA) is 67.1 Å². The zero-order valence-corrected chi connectivity index (χ0v) is 13.0. The van der Waals surface area contributed by atoms with Gasteiger partial charge in [-0.3, -0.25) is 10.6 Å². The van der Waals surface area contributed by atoms with Crippen molar-refractivity contribution in [3.8, 4) is 0 Å². The van der Waals surface area contributed by atoms with Gasteiger partial charge in [-0.25, -0.2) is 0 Å². The van der Waals surface area contributed by atoms with Crippen molar-refractivity contribution in [3.63, 3.8) is 0 Å². The fraction of sp³-hybridized carbons (Fsp3) is 0. The molecular formula is C13H11Br2N3O. The normalized spacial score (nSPS) is 10.1. The maximum absolute atomic E-state index is 12.2. The highest BCUT2D eigenvalue weighted by Crippen LogP contribution is 2.27. The summed E-state index contributed by atoms with van der Waals surface area (Å²) in [5, 5.41) is 2.83. The Kier molecular flexibility index (Phi) is 4.57. The lowest BCUT2D eigenvalue weighted by Gasteiger charge is -2.11. The van der Waals surface area contributed by atoms with Gasteiger partial charge in [0.05, 0.1) is 16.9 Å². The minimum Gasteiger partial charge on any atom is -0.323 e. The Balaban J connectivity index is 2.28. The Morgan fingerprint density at radius 3 is 2.53 bits per heavy atom. The van der Waals surface area contributed by atoms with Gasteiger partial charge in [0.2, 0.25) is 0 Å². The molecule has 0 saturated heterocycles. The molecule has 0 heterocycles. The first-order valence-corrected chi connectivity index (χ1v) is 7.02. The van der Waals surface area contributed by atoms with Crippen LogP contribution in [0.25, 0.3) is 0 Å². The molecule has 1 amide bonds. The Labute approximate surface area is 127 Å². The van der Waals surface area contributed by atoms with Crippen molar-refractivity contribution in [2.24, 2.45) is 5.84 Å². The smallest absolute Gasteiger partial charge is 0.257 e. The first kappa shape index (κ1) is 14.0. The molecule has 0 fully saturated rings. The van der Waals surface area contributed by atoms with Crippen LogP contribution >= 0.6 is 31.9 Å². The van der Waals surface area contributed by atoms with E-state index in [1.54, 1.807) is 24.3 Å². The van der Waals surface area contributed by atoms with E-state index in [-0.39, 0.29) is 5.91 Å². The lowest BCUT2D eigenvalue weighted by atomic mass is 10.1. The lowest BCUT2D eigenvalue weighted by Crippen LogP contribution is -2.17. The van der Waals surface area contributed by atoms with Crippen molar-refractivity contribution in [2.45, 2.75) is 0 Å². The molecule has 0 unspecified atom stereocenters. The third-order valence-electron chi connectivity index (χ3n) is 2.50. The first-order chi connectivity index (χ1) is 9.11. The van der Waals surface area contributed by atoms with Gasteiger partial charge in [-0.15, -0.1) is 0 Å². The average molecular weight is 385 g/mol. The molecule has 19 heavy (non-hydrogen) atoms. The van der Waals surface area contributed by atoms with Crippen molar-refractivity contribution in [2.75, 3.05) is 10.7 Å². The third-order valence-corrected chi connectivity index (χ3v) is 3.69. The van der Waals surface area contributed by atoms with Crippen molar-refractivity contribution in [1.29, 1.82) is 0 Å². The van der Waals surface area contributed by atoms with E-state index in [4.69, 9.17) is 5.84 Å². The predicted molar refractivity (Wildman–Crippen MR) is 84.0 cm³/mol. The summed E-state index contributed by atoms with van der Waals surface area (Å²) in [6.45, 7) is 0. The van der Waals surface area contributed by atoms with E-state index in [2.05, 4.69) is 42.6 Å². The number of rotatable bonds is 3. The van der Waals surface area contributed by atoms with Gasteiger partial charge in [0.15, 0.2) is 0 Å². The number of hydrogen-bond acceptors (Lipinski definition) is 3. The minimum absolute atomic E-state index is 0.229. The molecule has 4 nitrogen and oxygen atoms in total. The summed E-state index contributed by atoms with van der Waals surface area (Å²) in [5.41, 5.74) is 4.25. The van der Waals surface area contributed by atoms with Crippen LogP contribution in [0.3, 0.4) is 0 Å². The first-order valence-electron chi connectivity index (χ1n) is 5.44. The van der Waals surface area contributed by atoms with Gasteiger partial charge in [-0.1, -0.05) is 28.1 Å². The number of hydrogen-bond donors (Lipinski definition) is 3. The summed E-state index contributed by atoms with van der Waals surface area (Å²) in [4.78, 5) is 12.2. The lowest BCUT2D eigenvalue weighted by molar-refractivity contribution is 0.102. The van der Waals surface area contributed by atoms with Crippen LogP contribution in [0.15, 0.2) is 51.4 Å². The number of para-hydroxylation sites is 1. The number of halogens is 2. The van der Waals surface area contributed by atoms with Gasteiger partial charge in [0.1, 0.15) is 0 Å². The van der Waals surface area contributed by atoms with Crippen molar-refractivity contribution < 1.29 is 4.79 Å². The number of nitrogens with two attached hydrogens (primary N) is 1. The van der Waals surface area contributed by atoms with Crippen LogP contribution < -0.4 is 16.6 Å². The van der Waals surface area contributed by atoms with Gasteiger partial charge in [0, 0.05) is 8.95 Å². The highest BCUT2D eigenvalue weighted by molar-refractivity contribution is 9.11. The summed E-state index contributed by atoms with van der Waals surface area (Å²) in [6.07, 6.45) is 0. The molecule has 0 radical (unpaired) electrons. The van der Waals surface area contributed by atoms with Gasteiger partial charge in [-0.2, -0.15) is 0 Å². The zero-order valence-electron chi connectivity index (χ0n) is 9.78. The minimum atomic E-state index is -0.229. The van der Waals surface area contributed by atoms with E-state index in [0.29, 0.717) is 16.9 Å². The van der Waals surface area contributed by atoms with E-state index in [1.807, 2.05) is 18.2 Å². The van der Waals surface area contributed by atoms with E-state index < -0.39 is 0 Å². The number of anilines is 2. The zero-order chi connectivity index (χ0) is 13.8. The Hall–Kier alpha value is -1.37. The van der Waals surface area contributed by atoms with Crippen molar-refractivity contribution in [1.82, 2.24) is 0 Å². The highest BCUT2D eigenvalue weighted by Gasteiger charge is 2.12. The average Bonchev–Trinajstić information content (AvgIpc) is 2.42. The number of hydrazine groups is 1. The molecule has 0 bridgehead atoms. The second-order valence-corrected chi connectivity index (χ2v) is 5.54. The number of nitrogens with one attached hydrogen (secondary N) is 2. The van der Waals surface area contributed by atoms with Crippen molar-refractivity contribution >= 4 is 49.1 Å². The fourth-order valence-corrected chi connectivity index (χ4v) is 2.30. The largest absolute Gasteiger partial charge is 0.323 e. The Bertz CT molecular complexity index is 617. The van der Waals surface area contributed by atoms with Crippen LogP contribution in [-0.4, -0.2) is 5.91 Å². The summed E-state index contributed by atoms with van der Waals surface area (Å²) in [7, 11) is 0. The molecule has 2 aromatic carbocycles. The number of carbonyl (C=O) groups excluding carboxylic acids is 1. The molecule has 0 saturated carbocycles. The number of amides is 1. The van der Waals surface area contributed by atoms with Gasteiger partial charge < -0.3 is 10.7 Å². The Morgan fingerprint density at radius 1 is 1.05 bits per heavy atom. The molecule has 2 rings (SSSR count). The molecule has 0 aliphatic rings. The molecule has 98 valence electrons. The molecule has 0 atom stereocenters. The van der Waals surface area contributed by atoms with Crippen LogP contribution in [0.4, 0.5) is 11.4 Å². The fourth-order valence-electron chi connectivity index (χ4n) is 1.59. The van der Waals surface area contributed by atoms with Crippen LogP contribution in [0.1, 0.15) is 10.4 Å². The summed E-state index contributed by atoms with van der Waals surface area (Å²) < 4.78 is 1.69. The molecular weight excluding hydrogens is 374 g/mol.